The minimum absolute atomic E-state index is 0.0842. The van der Waals surface area contributed by atoms with E-state index in [0.29, 0.717) is 41.8 Å². The van der Waals surface area contributed by atoms with Crippen LogP contribution in [0.15, 0.2) is 42.5 Å². The monoisotopic (exact) mass is 390 g/mol. The number of halogens is 1. The molecular weight excluding hydrogens is 364 g/mol. The number of ether oxygens (including phenoxy) is 2. The van der Waals surface area contributed by atoms with Crippen molar-refractivity contribution >= 4 is 17.5 Å². The fourth-order valence-corrected chi connectivity index (χ4v) is 2.79. The Kier molecular flexibility index (Phi) is 7.11. The first-order chi connectivity index (χ1) is 12.8. The second kappa shape index (κ2) is 9.11. The standard InChI is InChI=1S/C21H27ClN2O3/c1-21(2,13-23)14-24(3)20(25)16-7-10-18(19(11-16)26-4)27-12-15-5-8-17(22)9-6-15/h5-11H,12-14,23H2,1-4H3. The number of hydrogen-bond donors (Lipinski definition) is 1. The van der Waals surface area contributed by atoms with Crippen LogP contribution in [0, 0.1) is 5.41 Å². The molecule has 2 rings (SSSR count). The normalized spacial score (nSPS) is 11.2. The van der Waals surface area contributed by atoms with Gasteiger partial charge in [0.2, 0.25) is 0 Å². The Morgan fingerprint density at radius 3 is 2.41 bits per heavy atom. The van der Waals surface area contributed by atoms with Gasteiger partial charge in [-0.3, -0.25) is 4.79 Å². The van der Waals surface area contributed by atoms with Gasteiger partial charge in [-0.15, -0.1) is 0 Å². The van der Waals surface area contributed by atoms with Crippen LogP contribution in [0.3, 0.4) is 0 Å². The summed E-state index contributed by atoms with van der Waals surface area (Å²) < 4.78 is 11.2. The third-order valence-corrected chi connectivity index (χ3v) is 4.53. The number of hydrogen-bond acceptors (Lipinski definition) is 4. The lowest BCUT2D eigenvalue weighted by Gasteiger charge is -2.29. The Hall–Kier alpha value is -2.24. The van der Waals surface area contributed by atoms with Crippen LogP contribution in [0.1, 0.15) is 29.8 Å². The van der Waals surface area contributed by atoms with Gasteiger partial charge in [0.05, 0.1) is 7.11 Å². The van der Waals surface area contributed by atoms with E-state index >= 15 is 0 Å². The molecule has 0 aliphatic carbocycles. The van der Waals surface area contributed by atoms with Crippen molar-refractivity contribution in [2.24, 2.45) is 11.1 Å². The number of rotatable bonds is 8. The van der Waals surface area contributed by atoms with E-state index in [4.69, 9.17) is 26.8 Å². The highest BCUT2D eigenvalue weighted by Crippen LogP contribution is 2.29. The smallest absolute Gasteiger partial charge is 0.253 e. The Labute approximate surface area is 166 Å². The van der Waals surface area contributed by atoms with Crippen molar-refractivity contribution in [1.29, 1.82) is 0 Å². The number of carbonyl (C=O) groups excluding carboxylic acids is 1. The fourth-order valence-electron chi connectivity index (χ4n) is 2.66. The molecule has 1 amide bonds. The summed E-state index contributed by atoms with van der Waals surface area (Å²) in [5.41, 5.74) is 7.16. The molecule has 0 spiro atoms. The Morgan fingerprint density at radius 1 is 1.15 bits per heavy atom. The first kappa shape index (κ1) is 21.1. The summed E-state index contributed by atoms with van der Waals surface area (Å²) in [6, 6.07) is 12.6. The maximum Gasteiger partial charge on any atom is 0.253 e. The molecule has 2 aromatic carbocycles. The number of amides is 1. The Bertz CT molecular complexity index is 775. The average Bonchev–Trinajstić information content (AvgIpc) is 2.66. The van der Waals surface area contributed by atoms with E-state index < -0.39 is 0 Å². The maximum atomic E-state index is 12.7. The van der Waals surface area contributed by atoms with Gasteiger partial charge in [-0.2, -0.15) is 0 Å². The molecule has 0 unspecified atom stereocenters. The van der Waals surface area contributed by atoms with E-state index in [1.807, 2.05) is 38.1 Å². The van der Waals surface area contributed by atoms with E-state index in [2.05, 4.69) is 0 Å². The van der Waals surface area contributed by atoms with Gasteiger partial charge in [0, 0.05) is 24.2 Å². The molecule has 0 atom stereocenters. The van der Waals surface area contributed by atoms with Gasteiger partial charge in [-0.25, -0.2) is 0 Å². The molecule has 0 fully saturated rings. The van der Waals surface area contributed by atoms with Crippen LogP contribution >= 0.6 is 11.6 Å². The number of carbonyl (C=O) groups is 1. The number of methoxy groups -OCH3 is 1. The van der Waals surface area contributed by atoms with E-state index in [9.17, 15) is 4.79 Å². The van der Waals surface area contributed by atoms with Gasteiger partial charge in [0.15, 0.2) is 11.5 Å². The summed E-state index contributed by atoms with van der Waals surface area (Å²) in [4.78, 5) is 14.4. The minimum atomic E-state index is -0.143. The first-order valence-electron chi connectivity index (χ1n) is 8.76. The molecule has 2 N–H and O–H groups in total. The van der Waals surface area contributed by atoms with Crippen LogP contribution in [-0.4, -0.2) is 38.1 Å². The van der Waals surface area contributed by atoms with Crippen molar-refractivity contribution in [2.75, 3.05) is 27.2 Å². The van der Waals surface area contributed by atoms with Crippen LogP contribution < -0.4 is 15.2 Å². The van der Waals surface area contributed by atoms with Crippen molar-refractivity contribution in [3.05, 3.63) is 58.6 Å². The largest absolute Gasteiger partial charge is 0.493 e. The highest BCUT2D eigenvalue weighted by atomic mass is 35.5. The van der Waals surface area contributed by atoms with Crippen molar-refractivity contribution in [1.82, 2.24) is 4.90 Å². The average molecular weight is 391 g/mol. The number of benzene rings is 2. The first-order valence-corrected chi connectivity index (χ1v) is 9.14. The summed E-state index contributed by atoms with van der Waals surface area (Å²) in [5.74, 6) is 1.01. The number of nitrogens with two attached hydrogens (primary N) is 1. The topological polar surface area (TPSA) is 64.8 Å². The zero-order chi connectivity index (χ0) is 20.0. The van der Waals surface area contributed by atoms with Crippen molar-refractivity contribution < 1.29 is 14.3 Å². The highest BCUT2D eigenvalue weighted by molar-refractivity contribution is 6.30. The molecule has 0 aromatic heterocycles. The molecule has 0 aliphatic heterocycles. The fraction of sp³-hybridized carbons (Fsp3) is 0.381. The van der Waals surface area contributed by atoms with Gasteiger partial charge < -0.3 is 20.1 Å². The van der Waals surface area contributed by atoms with Gasteiger partial charge in [0.1, 0.15) is 6.61 Å². The molecule has 146 valence electrons. The molecule has 0 radical (unpaired) electrons. The SMILES string of the molecule is COc1cc(C(=O)N(C)CC(C)(C)CN)ccc1OCc1ccc(Cl)cc1. The van der Waals surface area contributed by atoms with Crippen LogP contribution in [0.25, 0.3) is 0 Å². The maximum absolute atomic E-state index is 12.7. The van der Waals surface area contributed by atoms with E-state index in [1.165, 1.54) is 0 Å². The summed E-state index contributed by atoms with van der Waals surface area (Å²) in [7, 11) is 3.33. The molecule has 0 saturated carbocycles. The summed E-state index contributed by atoms with van der Waals surface area (Å²) >= 11 is 5.89. The highest BCUT2D eigenvalue weighted by Gasteiger charge is 2.22. The van der Waals surface area contributed by atoms with Gasteiger partial charge in [-0.1, -0.05) is 37.6 Å². The van der Waals surface area contributed by atoms with Crippen molar-refractivity contribution in [3.63, 3.8) is 0 Å². The van der Waals surface area contributed by atoms with Crippen LogP contribution in [0.5, 0.6) is 11.5 Å². The lowest BCUT2D eigenvalue weighted by atomic mass is 9.93. The third kappa shape index (κ3) is 5.88. The summed E-state index contributed by atoms with van der Waals surface area (Å²) in [5, 5.41) is 0.682. The van der Waals surface area contributed by atoms with Crippen molar-refractivity contribution in [2.45, 2.75) is 20.5 Å². The molecule has 0 aliphatic rings. The van der Waals surface area contributed by atoms with Crippen LogP contribution in [-0.2, 0) is 6.61 Å². The van der Waals surface area contributed by atoms with Crippen LogP contribution in [0.2, 0.25) is 5.02 Å². The molecule has 27 heavy (non-hydrogen) atoms. The molecular formula is C21H27ClN2O3. The molecule has 0 bridgehead atoms. The van der Waals surface area contributed by atoms with Crippen LogP contribution in [0.4, 0.5) is 0 Å². The van der Waals surface area contributed by atoms with Gasteiger partial charge >= 0.3 is 0 Å². The molecule has 0 saturated heterocycles. The zero-order valence-electron chi connectivity index (χ0n) is 16.3. The lowest BCUT2D eigenvalue weighted by Crippen LogP contribution is -2.39. The predicted octanol–water partition coefficient (Wildman–Crippen LogP) is 3.98. The van der Waals surface area contributed by atoms with Gasteiger partial charge in [0.25, 0.3) is 5.91 Å². The molecule has 5 nitrogen and oxygen atoms in total. The zero-order valence-corrected chi connectivity index (χ0v) is 17.0. The Balaban J connectivity index is 2.10. The third-order valence-electron chi connectivity index (χ3n) is 4.28. The second-order valence-electron chi connectivity index (χ2n) is 7.31. The number of nitrogens with zero attached hydrogens (tertiary/aromatic N) is 1. The van der Waals surface area contributed by atoms with Crippen molar-refractivity contribution in [3.8, 4) is 11.5 Å². The minimum Gasteiger partial charge on any atom is -0.493 e. The van der Waals surface area contributed by atoms with E-state index in [0.717, 1.165) is 5.56 Å². The van der Waals surface area contributed by atoms with Gasteiger partial charge in [-0.05, 0) is 47.9 Å². The summed E-state index contributed by atoms with van der Waals surface area (Å²) in [6.07, 6.45) is 0. The molecule has 0 heterocycles. The Morgan fingerprint density at radius 2 is 1.81 bits per heavy atom. The quantitative estimate of drug-likeness (QED) is 0.740. The van der Waals surface area contributed by atoms with E-state index in [1.54, 1.807) is 37.3 Å². The predicted molar refractivity (Wildman–Crippen MR) is 109 cm³/mol. The summed E-state index contributed by atoms with van der Waals surface area (Å²) in [6.45, 7) is 5.52. The second-order valence-corrected chi connectivity index (χ2v) is 7.75. The molecule has 6 heteroatoms. The lowest BCUT2D eigenvalue weighted by molar-refractivity contribution is 0.0740. The van der Waals surface area contributed by atoms with E-state index in [-0.39, 0.29) is 11.3 Å². The molecule has 2 aromatic rings.